The van der Waals surface area contributed by atoms with Crippen molar-refractivity contribution in [2.75, 3.05) is 6.54 Å². The maximum Gasteiger partial charge on any atom is 0.166 e. The molecule has 0 aliphatic rings. The van der Waals surface area contributed by atoms with Gasteiger partial charge in [0.25, 0.3) is 0 Å². The van der Waals surface area contributed by atoms with Gasteiger partial charge < -0.3 is 15.1 Å². The summed E-state index contributed by atoms with van der Waals surface area (Å²) in [6.45, 7) is 3.65. The smallest absolute Gasteiger partial charge is 0.166 e. The highest BCUT2D eigenvalue weighted by Gasteiger charge is 1.96. The van der Waals surface area contributed by atoms with Gasteiger partial charge in [0, 0.05) is 6.54 Å². The first-order valence-electron chi connectivity index (χ1n) is 4.37. The fourth-order valence-corrected chi connectivity index (χ4v) is 1.06. The van der Waals surface area contributed by atoms with Crippen LogP contribution in [0.1, 0.15) is 19.1 Å². The Morgan fingerprint density at radius 3 is 3.00 bits per heavy atom. The largest absolute Gasteiger partial charge is 0.467 e. The molecule has 3 nitrogen and oxygen atoms in total. The standard InChI is InChI=1S/C9H14N2OS/c1-2-5-10-9(13)11-7-8-4-3-6-12-8/h3-4,6H,2,5,7H2,1H3,(H2,10,11,13). The second kappa shape index (κ2) is 5.59. The van der Waals surface area contributed by atoms with Gasteiger partial charge in [-0.15, -0.1) is 0 Å². The SMILES string of the molecule is CCCNC(=S)NCc1ccco1. The number of hydrogen-bond acceptors (Lipinski definition) is 2. The van der Waals surface area contributed by atoms with E-state index in [4.69, 9.17) is 16.6 Å². The molecule has 1 aromatic rings. The summed E-state index contributed by atoms with van der Waals surface area (Å²) in [5.74, 6) is 0.889. The third-order valence-corrected chi connectivity index (χ3v) is 1.83. The van der Waals surface area contributed by atoms with Gasteiger partial charge in [-0.1, -0.05) is 6.92 Å². The summed E-state index contributed by atoms with van der Waals surface area (Å²) in [4.78, 5) is 0. The van der Waals surface area contributed by atoms with Gasteiger partial charge in [-0.2, -0.15) is 0 Å². The molecule has 13 heavy (non-hydrogen) atoms. The average Bonchev–Trinajstić information content (AvgIpc) is 2.64. The molecule has 0 aliphatic heterocycles. The minimum Gasteiger partial charge on any atom is -0.467 e. The van der Waals surface area contributed by atoms with Gasteiger partial charge in [-0.05, 0) is 30.8 Å². The summed E-state index contributed by atoms with van der Waals surface area (Å²) >= 11 is 5.03. The average molecular weight is 198 g/mol. The normalized spacial score (nSPS) is 9.62. The Balaban J connectivity index is 2.15. The Morgan fingerprint density at radius 2 is 2.38 bits per heavy atom. The molecule has 0 unspecified atom stereocenters. The maximum absolute atomic E-state index is 5.14. The monoisotopic (exact) mass is 198 g/mol. The van der Waals surface area contributed by atoms with Crippen molar-refractivity contribution >= 4 is 17.3 Å². The van der Waals surface area contributed by atoms with E-state index in [0.717, 1.165) is 18.7 Å². The third-order valence-electron chi connectivity index (χ3n) is 1.54. The topological polar surface area (TPSA) is 37.2 Å². The van der Waals surface area contributed by atoms with Gasteiger partial charge >= 0.3 is 0 Å². The van der Waals surface area contributed by atoms with Crippen LogP contribution >= 0.6 is 12.2 Å². The summed E-state index contributed by atoms with van der Waals surface area (Å²) in [5.41, 5.74) is 0. The predicted molar refractivity (Wildman–Crippen MR) is 56.4 cm³/mol. The minimum absolute atomic E-state index is 0.641. The molecule has 0 bridgehead atoms. The van der Waals surface area contributed by atoms with Crippen molar-refractivity contribution < 1.29 is 4.42 Å². The highest BCUT2D eigenvalue weighted by atomic mass is 32.1. The van der Waals surface area contributed by atoms with Crippen LogP contribution < -0.4 is 10.6 Å². The second-order valence-corrected chi connectivity index (χ2v) is 3.10. The number of rotatable bonds is 4. The predicted octanol–water partition coefficient (Wildman–Crippen LogP) is 1.65. The summed E-state index contributed by atoms with van der Waals surface area (Å²) in [7, 11) is 0. The van der Waals surface area contributed by atoms with Gasteiger partial charge in [-0.25, -0.2) is 0 Å². The zero-order chi connectivity index (χ0) is 9.52. The quantitative estimate of drug-likeness (QED) is 0.721. The molecule has 1 aromatic heterocycles. The lowest BCUT2D eigenvalue weighted by atomic mass is 10.4. The van der Waals surface area contributed by atoms with E-state index in [1.54, 1.807) is 6.26 Å². The number of thiocarbonyl (C=S) groups is 1. The van der Waals surface area contributed by atoms with Crippen molar-refractivity contribution in [3.05, 3.63) is 24.2 Å². The van der Waals surface area contributed by atoms with E-state index in [1.807, 2.05) is 12.1 Å². The Kier molecular flexibility index (Phi) is 4.32. The maximum atomic E-state index is 5.14. The van der Waals surface area contributed by atoms with E-state index in [0.29, 0.717) is 11.7 Å². The van der Waals surface area contributed by atoms with E-state index < -0.39 is 0 Å². The van der Waals surface area contributed by atoms with Crippen molar-refractivity contribution in [3.63, 3.8) is 0 Å². The van der Waals surface area contributed by atoms with Crippen molar-refractivity contribution in [1.82, 2.24) is 10.6 Å². The summed E-state index contributed by atoms with van der Waals surface area (Å²) < 4.78 is 5.14. The van der Waals surface area contributed by atoms with Crippen molar-refractivity contribution in [3.8, 4) is 0 Å². The van der Waals surface area contributed by atoms with Crippen molar-refractivity contribution in [2.24, 2.45) is 0 Å². The Morgan fingerprint density at radius 1 is 1.54 bits per heavy atom. The fourth-order valence-electron chi connectivity index (χ4n) is 0.882. The first kappa shape index (κ1) is 10.1. The summed E-state index contributed by atoms with van der Waals surface area (Å²) in [5, 5.41) is 6.80. The molecule has 0 spiro atoms. The summed E-state index contributed by atoms with van der Waals surface area (Å²) in [6, 6.07) is 3.77. The molecule has 1 heterocycles. The van der Waals surface area contributed by atoms with Crippen LogP contribution in [-0.2, 0) is 6.54 Å². The van der Waals surface area contributed by atoms with Crippen molar-refractivity contribution in [1.29, 1.82) is 0 Å². The first-order chi connectivity index (χ1) is 6.33. The highest BCUT2D eigenvalue weighted by Crippen LogP contribution is 1.97. The van der Waals surface area contributed by atoms with Crippen LogP contribution in [0.2, 0.25) is 0 Å². The lowest BCUT2D eigenvalue weighted by Crippen LogP contribution is -2.34. The first-order valence-corrected chi connectivity index (χ1v) is 4.78. The Hall–Kier alpha value is -1.03. The second-order valence-electron chi connectivity index (χ2n) is 2.69. The van der Waals surface area contributed by atoms with Crippen molar-refractivity contribution in [2.45, 2.75) is 19.9 Å². The zero-order valence-corrected chi connectivity index (χ0v) is 8.49. The summed E-state index contributed by atoms with van der Waals surface area (Å²) in [6.07, 6.45) is 2.72. The lowest BCUT2D eigenvalue weighted by Gasteiger charge is -2.07. The van der Waals surface area contributed by atoms with Gasteiger partial charge in [0.05, 0.1) is 12.8 Å². The Labute approximate surface area is 83.5 Å². The molecule has 0 saturated heterocycles. The molecule has 0 radical (unpaired) electrons. The molecule has 4 heteroatoms. The van der Waals surface area contributed by atoms with Gasteiger partial charge in [0.1, 0.15) is 5.76 Å². The fraction of sp³-hybridized carbons (Fsp3) is 0.444. The number of nitrogens with one attached hydrogen (secondary N) is 2. The van der Waals surface area contributed by atoms with Gasteiger partial charge in [-0.3, -0.25) is 0 Å². The number of hydrogen-bond donors (Lipinski definition) is 2. The zero-order valence-electron chi connectivity index (χ0n) is 7.67. The molecule has 0 aromatic carbocycles. The van der Waals surface area contributed by atoms with Crippen LogP contribution in [0.4, 0.5) is 0 Å². The highest BCUT2D eigenvalue weighted by molar-refractivity contribution is 7.80. The van der Waals surface area contributed by atoms with E-state index in [9.17, 15) is 0 Å². The van der Waals surface area contributed by atoms with Crippen LogP contribution in [0, 0.1) is 0 Å². The van der Waals surface area contributed by atoms with Crippen LogP contribution in [0.5, 0.6) is 0 Å². The molecule has 0 atom stereocenters. The third kappa shape index (κ3) is 3.94. The lowest BCUT2D eigenvalue weighted by molar-refractivity contribution is 0.502. The molecule has 1 rings (SSSR count). The van der Waals surface area contributed by atoms with E-state index in [1.165, 1.54) is 0 Å². The molecule has 2 N–H and O–H groups in total. The molecule has 0 aliphatic carbocycles. The molecular formula is C9H14N2OS. The Bertz CT molecular complexity index is 246. The van der Waals surface area contributed by atoms with Gasteiger partial charge in [0.2, 0.25) is 0 Å². The van der Waals surface area contributed by atoms with E-state index >= 15 is 0 Å². The van der Waals surface area contributed by atoms with Crippen LogP contribution in [0.3, 0.4) is 0 Å². The van der Waals surface area contributed by atoms with E-state index in [-0.39, 0.29) is 0 Å². The molecule has 72 valence electrons. The molecule has 0 amide bonds. The van der Waals surface area contributed by atoms with E-state index in [2.05, 4.69) is 17.6 Å². The van der Waals surface area contributed by atoms with Crippen LogP contribution in [0.15, 0.2) is 22.8 Å². The number of furan rings is 1. The van der Waals surface area contributed by atoms with Crippen LogP contribution in [-0.4, -0.2) is 11.7 Å². The van der Waals surface area contributed by atoms with Gasteiger partial charge in [0.15, 0.2) is 5.11 Å². The van der Waals surface area contributed by atoms with Crippen LogP contribution in [0.25, 0.3) is 0 Å². The molecule has 0 fully saturated rings. The molecular weight excluding hydrogens is 184 g/mol. The molecule has 0 saturated carbocycles. The minimum atomic E-state index is 0.641.